The summed E-state index contributed by atoms with van der Waals surface area (Å²) in [6.07, 6.45) is 3.16. The molecule has 0 aromatic carbocycles. The normalized spacial score (nSPS) is 19.8. The van der Waals surface area contributed by atoms with Gasteiger partial charge in [-0.15, -0.1) is 0 Å². The maximum absolute atomic E-state index is 11.7. The summed E-state index contributed by atoms with van der Waals surface area (Å²) >= 11 is 0. The van der Waals surface area contributed by atoms with Gasteiger partial charge in [-0.25, -0.2) is 0 Å². The van der Waals surface area contributed by atoms with Crippen molar-refractivity contribution in [1.29, 1.82) is 0 Å². The summed E-state index contributed by atoms with van der Waals surface area (Å²) in [6, 6.07) is 0. The van der Waals surface area contributed by atoms with Gasteiger partial charge in [-0.1, -0.05) is 0 Å². The molecule has 19 heavy (non-hydrogen) atoms. The molecule has 1 rings (SSSR count). The topological polar surface area (TPSA) is 70.2 Å². The quantitative estimate of drug-likeness (QED) is 0.691. The zero-order chi connectivity index (χ0) is 14.3. The van der Waals surface area contributed by atoms with Gasteiger partial charge >= 0.3 is 0 Å². The molecule has 1 aliphatic rings. The molecular weight excluding hydrogens is 242 g/mol. The molecule has 1 heterocycles. The zero-order valence-electron chi connectivity index (χ0n) is 12.3. The van der Waals surface area contributed by atoms with Crippen LogP contribution in [0.15, 0.2) is 0 Å². The van der Waals surface area contributed by atoms with Crippen LogP contribution in [0.5, 0.6) is 0 Å². The number of rotatable bonds is 5. The van der Waals surface area contributed by atoms with E-state index in [2.05, 4.69) is 16.0 Å². The van der Waals surface area contributed by atoms with Gasteiger partial charge in [0, 0.05) is 24.9 Å². The summed E-state index contributed by atoms with van der Waals surface area (Å²) in [6.45, 7) is 8.24. The van der Waals surface area contributed by atoms with Gasteiger partial charge in [0.2, 0.25) is 11.8 Å². The van der Waals surface area contributed by atoms with Gasteiger partial charge < -0.3 is 16.0 Å². The van der Waals surface area contributed by atoms with Crippen LogP contribution < -0.4 is 16.0 Å². The third kappa shape index (κ3) is 7.82. The van der Waals surface area contributed by atoms with Crippen molar-refractivity contribution < 1.29 is 9.59 Å². The molecule has 1 atom stereocenters. The summed E-state index contributed by atoms with van der Waals surface area (Å²) in [5, 5.41) is 8.99. The third-order valence-electron chi connectivity index (χ3n) is 3.06. The molecule has 0 radical (unpaired) electrons. The Morgan fingerprint density at radius 3 is 2.58 bits per heavy atom. The van der Waals surface area contributed by atoms with Gasteiger partial charge in [-0.05, 0) is 52.6 Å². The number of hydrogen-bond donors (Lipinski definition) is 3. The maximum Gasteiger partial charge on any atom is 0.222 e. The number of piperidine rings is 1. The first-order valence-corrected chi connectivity index (χ1v) is 7.15. The second-order valence-corrected chi connectivity index (χ2v) is 6.31. The Hall–Kier alpha value is -1.10. The lowest BCUT2D eigenvalue weighted by Crippen LogP contribution is -2.42. The van der Waals surface area contributed by atoms with E-state index in [1.165, 1.54) is 0 Å². The van der Waals surface area contributed by atoms with Gasteiger partial charge in [0.05, 0.1) is 0 Å². The fraction of sp³-hybridized carbons (Fsp3) is 0.857. The highest BCUT2D eigenvalue weighted by Gasteiger charge is 2.17. The van der Waals surface area contributed by atoms with E-state index in [1.54, 1.807) is 0 Å². The number of nitrogens with one attached hydrogen (secondary N) is 3. The van der Waals surface area contributed by atoms with E-state index in [0.29, 0.717) is 25.3 Å². The van der Waals surface area contributed by atoms with E-state index in [4.69, 9.17) is 0 Å². The molecule has 5 heteroatoms. The van der Waals surface area contributed by atoms with Crippen molar-refractivity contribution in [2.24, 2.45) is 5.92 Å². The minimum atomic E-state index is -0.213. The van der Waals surface area contributed by atoms with Crippen molar-refractivity contribution in [2.75, 3.05) is 19.6 Å². The third-order valence-corrected chi connectivity index (χ3v) is 3.06. The molecule has 0 saturated carbocycles. The Labute approximate surface area is 115 Å². The van der Waals surface area contributed by atoms with Crippen LogP contribution in [0.2, 0.25) is 0 Å². The average molecular weight is 269 g/mol. The molecule has 5 nitrogen and oxygen atoms in total. The second-order valence-electron chi connectivity index (χ2n) is 6.31. The minimum Gasteiger partial charge on any atom is -0.356 e. The number of amides is 2. The molecule has 1 aliphatic heterocycles. The smallest absolute Gasteiger partial charge is 0.222 e. The van der Waals surface area contributed by atoms with Crippen LogP contribution in [0.3, 0.4) is 0 Å². The molecule has 2 amide bonds. The van der Waals surface area contributed by atoms with E-state index >= 15 is 0 Å². The monoisotopic (exact) mass is 269 g/mol. The molecule has 0 aromatic heterocycles. The van der Waals surface area contributed by atoms with Gasteiger partial charge in [0.15, 0.2) is 0 Å². The highest BCUT2D eigenvalue weighted by atomic mass is 16.2. The summed E-state index contributed by atoms with van der Waals surface area (Å²) in [7, 11) is 0. The van der Waals surface area contributed by atoms with Crippen LogP contribution in [0, 0.1) is 5.92 Å². The number of carbonyl (C=O) groups excluding carboxylic acids is 2. The largest absolute Gasteiger partial charge is 0.356 e. The lowest BCUT2D eigenvalue weighted by Gasteiger charge is -2.22. The zero-order valence-corrected chi connectivity index (χ0v) is 12.3. The molecule has 0 bridgehead atoms. The van der Waals surface area contributed by atoms with E-state index < -0.39 is 0 Å². The summed E-state index contributed by atoms with van der Waals surface area (Å²) in [4.78, 5) is 23.3. The van der Waals surface area contributed by atoms with E-state index in [9.17, 15) is 9.59 Å². The maximum atomic E-state index is 11.7. The van der Waals surface area contributed by atoms with Crippen LogP contribution in [0.1, 0.15) is 46.5 Å². The highest BCUT2D eigenvalue weighted by Crippen LogP contribution is 2.13. The van der Waals surface area contributed by atoms with Crippen molar-refractivity contribution >= 4 is 11.8 Å². The number of carbonyl (C=O) groups is 2. The fourth-order valence-electron chi connectivity index (χ4n) is 2.23. The predicted octanol–water partition coefficient (Wildman–Crippen LogP) is 0.797. The SMILES string of the molecule is CC(C)(C)NC(=O)CCNC(=O)CC1CCCNC1. The Balaban J connectivity index is 2.11. The first-order valence-electron chi connectivity index (χ1n) is 7.15. The first kappa shape index (κ1) is 16.0. The molecule has 0 aromatic rings. The van der Waals surface area contributed by atoms with Crippen molar-refractivity contribution in [3.63, 3.8) is 0 Å². The fourth-order valence-corrected chi connectivity index (χ4v) is 2.23. The molecule has 0 spiro atoms. The second kappa shape index (κ2) is 7.48. The Kier molecular flexibility index (Phi) is 6.28. The molecule has 1 saturated heterocycles. The molecular formula is C14H27N3O2. The molecule has 1 unspecified atom stereocenters. The van der Waals surface area contributed by atoms with Gasteiger partial charge in [-0.3, -0.25) is 9.59 Å². The van der Waals surface area contributed by atoms with Gasteiger partial charge in [-0.2, -0.15) is 0 Å². The van der Waals surface area contributed by atoms with Crippen molar-refractivity contribution in [3.8, 4) is 0 Å². The molecule has 1 fully saturated rings. The average Bonchev–Trinajstić information content (AvgIpc) is 2.27. The number of hydrogen-bond acceptors (Lipinski definition) is 3. The minimum absolute atomic E-state index is 0.0212. The van der Waals surface area contributed by atoms with E-state index in [0.717, 1.165) is 25.9 Å². The van der Waals surface area contributed by atoms with Gasteiger partial charge in [0.1, 0.15) is 0 Å². The van der Waals surface area contributed by atoms with E-state index in [-0.39, 0.29) is 17.4 Å². The summed E-state index contributed by atoms with van der Waals surface area (Å²) in [5.41, 5.74) is -0.213. The van der Waals surface area contributed by atoms with Crippen LogP contribution >= 0.6 is 0 Å². The Bertz CT molecular complexity index is 304. The van der Waals surface area contributed by atoms with E-state index in [1.807, 2.05) is 20.8 Å². The predicted molar refractivity (Wildman–Crippen MR) is 75.7 cm³/mol. The lowest BCUT2D eigenvalue weighted by molar-refractivity contribution is -0.123. The van der Waals surface area contributed by atoms with Crippen LogP contribution in [0.25, 0.3) is 0 Å². The molecule has 3 N–H and O–H groups in total. The Morgan fingerprint density at radius 1 is 1.26 bits per heavy atom. The van der Waals surface area contributed by atoms with Crippen LogP contribution in [-0.4, -0.2) is 37.0 Å². The summed E-state index contributed by atoms with van der Waals surface area (Å²) in [5.74, 6) is 0.474. The van der Waals surface area contributed by atoms with Crippen molar-refractivity contribution in [1.82, 2.24) is 16.0 Å². The highest BCUT2D eigenvalue weighted by molar-refractivity contribution is 5.79. The molecule has 110 valence electrons. The van der Waals surface area contributed by atoms with Crippen molar-refractivity contribution in [2.45, 2.75) is 52.0 Å². The summed E-state index contributed by atoms with van der Waals surface area (Å²) < 4.78 is 0. The molecule has 0 aliphatic carbocycles. The van der Waals surface area contributed by atoms with Crippen LogP contribution in [0.4, 0.5) is 0 Å². The Morgan fingerprint density at radius 2 is 2.00 bits per heavy atom. The lowest BCUT2D eigenvalue weighted by atomic mass is 9.96. The first-order chi connectivity index (χ1) is 8.87. The van der Waals surface area contributed by atoms with Crippen LogP contribution in [-0.2, 0) is 9.59 Å². The standard InChI is InChI=1S/C14H27N3O2/c1-14(2,3)17-12(18)6-8-16-13(19)9-11-5-4-7-15-10-11/h11,15H,4-10H2,1-3H3,(H,16,19)(H,17,18). The van der Waals surface area contributed by atoms with Crippen molar-refractivity contribution in [3.05, 3.63) is 0 Å². The van der Waals surface area contributed by atoms with Gasteiger partial charge in [0.25, 0.3) is 0 Å².